The van der Waals surface area contributed by atoms with Gasteiger partial charge in [0, 0.05) is 23.8 Å². The van der Waals surface area contributed by atoms with E-state index in [1.807, 2.05) is 18.2 Å². The van der Waals surface area contributed by atoms with E-state index >= 15 is 0 Å². The van der Waals surface area contributed by atoms with Crippen molar-refractivity contribution in [2.24, 2.45) is 0 Å². The van der Waals surface area contributed by atoms with Crippen LogP contribution < -0.4 is 10.6 Å². The van der Waals surface area contributed by atoms with Crippen molar-refractivity contribution < 1.29 is 9.59 Å². The van der Waals surface area contributed by atoms with Gasteiger partial charge in [0.15, 0.2) is 5.82 Å². The van der Waals surface area contributed by atoms with Crippen LogP contribution in [0, 0.1) is 6.92 Å². The number of aryl methyl sites for hydroxylation is 1. The standard InChI is InChI=1S/C27H21Cl3N8O2/c1-15-10-16(28)11-19(26(39)31-2)24(15)33-27(40)23-12-17(35-38(23)25-21(30)8-5-9-32-25)13-37-14-22(34-36-37)18-6-3-4-7-20(18)29/h3-12,14H,13H2,1-2H3,(H,31,39)(H,33,40). The highest BCUT2D eigenvalue weighted by molar-refractivity contribution is 6.33. The van der Waals surface area contributed by atoms with E-state index in [0.717, 1.165) is 5.56 Å². The van der Waals surface area contributed by atoms with Crippen molar-refractivity contribution in [1.82, 2.24) is 35.1 Å². The third kappa shape index (κ3) is 5.55. The molecule has 0 aliphatic carbocycles. The van der Waals surface area contributed by atoms with Gasteiger partial charge in [-0.1, -0.05) is 58.2 Å². The average Bonchev–Trinajstić information content (AvgIpc) is 3.57. The van der Waals surface area contributed by atoms with E-state index in [2.05, 4.69) is 31.0 Å². The predicted octanol–water partition coefficient (Wildman–Crippen LogP) is 5.45. The van der Waals surface area contributed by atoms with Gasteiger partial charge in [-0.2, -0.15) is 5.10 Å². The van der Waals surface area contributed by atoms with Crippen molar-refractivity contribution in [2.75, 3.05) is 12.4 Å². The maximum absolute atomic E-state index is 13.7. The molecule has 13 heteroatoms. The van der Waals surface area contributed by atoms with Gasteiger partial charge in [0.25, 0.3) is 11.8 Å². The molecule has 0 unspecified atom stereocenters. The van der Waals surface area contributed by atoms with E-state index in [0.29, 0.717) is 37.7 Å². The highest BCUT2D eigenvalue weighted by Crippen LogP contribution is 2.28. The highest BCUT2D eigenvalue weighted by atomic mass is 35.5. The molecule has 2 N–H and O–H groups in total. The molecule has 5 aromatic rings. The zero-order valence-electron chi connectivity index (χ0n) is 21.2. The number of halogens is 3. The summed E-state index contributed by atoms with van der Waals surface area (Å²) in [5.74, 6) is -0.676. The quantitative estimate of drug-likeness (QED) is 0.258. The predicted molar refractivity (Wildman–Crippen MR) is 153 cm³/mol. The van der Waals surface area contributed by atoms with Crippen LogP contribution in [0.4, 0.5) is 5.69 Å². The summed E-state index contributed by atoms with van der Waals surface area (Å²) >= 11 is 18.9. The Labute approximate surface area is 243 Å². The minimum Gasteiger partial charge on any atom is -0.355 e. The smallest absolute Gasteiger partial charge is 0.274 e. The fourth-order valence-corrected chi connectivity index (χ4v) is 4.81. The molecule has 0 bridgehead atoms. The Balaban J connectivity index is 1.52. The molecule has 0 atom stereocenters. The maximum atomic E-state index is 13.7. The van der Waals surface area contributed by atoms with Gasteiger partial charge in [0.1, 0.15) is 11.4 Å². The molecule has 0 aliphatic rings. The number of nitrogens with zero attached hydrogens (tertiary/aromatic N) is 6. The monoisotopic (exact) mass is 594 g/mol. The molecule has 0 spiro atoms. The third-order valence-corrected chi connectivity index (χ3v) is 6.80. The van der Waals surface area contributed by atoms with Gasteiger partial charge < -0.3 is 10.6 Å². The summed E-state index contributed by atoms with van der Waals surface area (Å²) in [4.78, 5) is 30.5. The summed E-state index contributed by atoms with van der Waals surface area (Å²) < 4.78 is 2.93. The molecular formula is C27H21Cl3N8O2. The molecule has 202 valence electrons. The average molecular weight is 596 g/mol. The number of nitrogens with one attached hydrogen (secondary N) is 2. The third-order valence-electron chi connectivity index (χ3n) is 5.96. The lowest BCUT2D eigenvalue weighted by Crippen LogP contribution is -2.23. The first-order valence-electron chi connectivity index (χ1n) is 11.9. The Bertz CT molecular complexity index is 1750. The van der Waals surface area contributed by atoms with Crippen LogP contribution in [0.5, 0.6) is 0 Å². The van der Waals surface area contributed by atoms with Gasteiger partial charge in [-0.25, -0.2) is 14.3 Å². The minimum atomic E-state index is -0.536. The van der Waals surface area contributed by atoms with Crippen LogP contribution >= 0.6 is 34.8 Å². The number of hydrogen-bond donors (Lipinski definition) is 2. The lowest BCUT2D eigenvalue weighted by Gasteiger charge is -2.14. The van der Waals surface area contributed by atoms with Crippen molar-refractivity contribution in [1.29, 1.82) is 0 Å². The van der Waals surface area contributed by atoms with Crippen LogP contribution in [0.1, 0.15) is 32.1 Å². The summed E-state index contributed by atoms with van der Waals surface area (Å²) in [6, 6.07) is 15.4. The molecule has 40 heavy (non-hydrogen) atoms. The number of pyridine rings is 1. The van der Waals surface area contributed by atoms with Crippen LogP contribution in [0.25, 0.3) is 17.1 Å². The molecule has 0 fully saturated rings. The zero-order valence-corrected chi connectivity index (χ0v) is 23.5. The van der Waals surface area contributed by atoms with E-state index < -0.39 is 11.8 Å². The van der Waals surface area contributed by atoms with Crippen molar-refractivity contribution in [3.63, 3.8) is 0 Å². The van der Waals surface area contributed by atoms with E-state index in [1.54, 1.807) is 54.3 Å². The molecule has 0 saturated heterocycles. The number of rotatable bonds is 7. The van der Waals surface area contributed by atoms with Crippen molar-refractivity contribution in [3.8, 4) is 17.1 Å². The summed E-state index contributed by atoms with van der Waals surface area (Å²) in [5, 5.41) is 19.6. The van der Waals surface area contributed by atoms with Crippen LogP contribution in [-0.2, 0) is 6.54 Å². The second kappa shape index (κ2) is 11.5. The lowest BCUT2D eigenvalue weighted by atomic mass is 10.1. The second-order valence-corrected chi connectivity index (χ2v) is 9.95. The van der Waals surface area contributed by atoms with Crippen molar-refractivity contribution >= 4 is 52.3 Å². The second-order valence-electron chi connectivity index (χ2n) is 8.70. The number of aromatic nitrogens is 6. The van der Waals surface area contributed by atoms with Crippen LogP contribution in [0.15, 0.2) is 67.0 Å². The Morgan fingerprint density at radius 2 is 1.75 bits per heavy atom. The summed E-state index contributed by atoms with van der Waals surface area (Å²) in [6.45, 7) is 1.94. The first-order chi connectivity index (χ1) is 19.2. The van der Waals surface area contributed by atoms with Gasteiger partial charge in [0.05, 0.1) is 39.7 Å². The number of anilines is 1. The molecule has 0 aliphatic heterocycles. The minimum absolute atomic E-state index is 0.138. The molecule has 2 aromatic carbocycles. The molecule has 0 radical (unpaired) electrons. The topological polar surface area (TPSA) is 120 Å². The molecule has 3 aromatic heterocycles. The van der Waals surface area contributed by atoms with Crippen LogP contribution in [0.2, 0.25) is 15.1 Å². The summed E-state index contributed by atoms with van der Waals surface area (Å²) in [6.07, 6.45) is 3.28. The Kier molecular flexibility index (Phi) is 7.83. The fraction of sp³-hybridized carbons (Fsp3) is 0.111. The number of carbonyl (C=O) groups is 2. The van der Waals surface area contributed by atoms with Crippen LogP contribution in [0.3, 0.4) is 0 Å². The van der Waals surface area contributed by atoms with Crippen molar-refractivity contribution in [3.05, 3.63) is 105 Å². The Hall–Kier alpha value is -4.25. The fourth-order valence-electron chi connectivity index (χ4n) is 4.10. The summed E-state index contributed by atoms with van der Waals surface area (Å²) in [5.41, 5.74) is 3.10. The van der Waals surface area contributed by atoms with Gasteiger partial charge >= 0.3 is 0 Å². The molecule has 2 amide bonds. The highest BCUT2D eigenvalue weighted by Gasteiger charge is 2.23. The molecular weight excluding hydrogens is 575 g/mol. The molecule has 3 heterocycles. The molecule has 0 saturated carbocycles. The number of hydrogen-bond acceptors (Lipinski definition) is 6. The SMILES string of the molecule is CNC(=O)c1cc(Cl)cc(C)c1NC(=O)c1cc(Cn2cc(-c3ccccc3Cl)nn2)nn1-c1ncccc1Cl. The van der Waals surface area contributed by atoms with E-state index in [4.69, 9.17) is 34.8 Å². The molecule has 5 rings (SSSR count). The first kappa shape index (κ1) is 27.3. The largest absolute Gasteiger partial charge is 0.355 e. The van der Waals surface area contributed by atoms with Gasteiger partial charge in [-0.15, -0.1) is 5.10 Å². The number of carbonyl (C=O) groups excluding carboxylic acids is 2. The van der Waals surface area contributed by atoms with E-state index in [9.17, 15) is 9.59 Å². The van der Waals surface area contributed by atoms with Gasteiger partial charge in [-0.3, -0.25) is 9.59 Å². The maximum Gasteiger partial charge on any atom is 0.274 e. The normalized spacial score (nSPS) is 10.9. The Morgan fingerprint density at radius 1 is 0.975 bits per heavy atom. The van der Waals surface area contributed by atoms with E-state index in [1.165, 1.54) is 17.8 Å². The van der Waals surface area contributed by atoms with Crippen molar-refractivity contribution in [2.45, 2.75) is 13.5 Å². The van der Waals surface area contributed by atoms with Gasteiger partial charge in [0.2, 0.25) is 0 Å². The Morgan fingerprint density at radius 3 is 2.50 bits per heavy atom. The van der Waals surface area contributed by atoms with Crippen LogP contribution in [-0.4, -0.2) is 48.6 Å². The summed E-state index contributed by atoms with van der Waals surface area (Å²) in [7, 11) is 1.50. The van der Waals surface area contributed by atoms with E-state index in [-0.39, 0.29) is 23.6 Å². The van der Waals surface area contributed by atoms with Gasteiger partial charge in [-0.05, 0) is 48.9 Å². The first-order valence-corrected chi connectivity index (χ1v) is 13.1. The molecule has 10 nitrogen and oxygen atoms in total. The zero-order chi connectivity index (χ0) is 28.4. The number of benzene rings is 2. The number of amides is 2. The lowest BCUT2D eigenvalue weighted by molar-refractivity contribution is 0.0964.